The third-order valence-electron chi connectivity index (χ3n) is 22.0. The standard InChI is InChI=1S/C96H62N8S2/c1-95(2)77-36-16-13-32-72(77)82-75(34-20-37-78(82)95)94-103-89(57-21-6-5-7-22-57)99-91(104-94)59-45-41-56(42-46-59)84-69-29-9-11-31-71(69)88-86(98-84)74-50-47-63(54-81(74)106-88)61-24-18-23-60(51-61)62-25-19-26-64(52-62)92-100-90(101-93(102-92)65-48-49-67-66-27-12-15-35-76(66)96(3,4)79(67)53-65)58-43-39-55(40-44-58)83-68-28-8-10-30-70(68)87-85(97-83)73-33-14-17-38-80(73)105-87/h5-54H,1-4H3. The highest BCUT2D eigenvalue weighted by molar-refractivity contribution is 7.27. The largest absolute Gasteiger partial charge is 0.246 e. The molecule has 0 aliphatic heterocycles. The molecule has 2 aliphatic rings. The first kappa shape index (κ1) is 61.8. The van der Waals surface area contributed by atoms with Gasteiger partial charge in [0.15, 0.2) is 34.9 Å². The topological polar surface area (TPSA) is 103 Å². The van der Waals surface area contributed by atoms with Crippen molar-refractivity contribution in [1.82, 2.24) is 39.9 Å². The molecule has 0 bridgehead atoms. The maximum Gasteiger partial charge on any atom is 0.164 e. The molecule has 0 unspecified atom stereocenters. The fraction of sp³-hybridized carbons (Fsp3) is 0.0625. The van der Waals surface area contributed by atoms with Gasteiger partial charge in [0.1, 0.15) is 0 Å². The highest BCUT2D eigenvalue weighted by atomic mass is 32.1. The highest BCUT2D eigenvalue weighted by Gasteiger charge is 2.38. The maximum atomic E-state index is 5.59. The van der Waals surface area contributed by atoms with Crippen LogP contribution in [0, 0.1) is 0 Å². The van der Waals surface area contributed by atoms with Gasteiger partial charge in [-0.2, -0.15) is 0 Å². The van der Waals surface area contributed by atoms with Crippen molar-refractivity contribution in [2.24, 2.45) is 0 Å². The summed E-state index contributed by atoms with van der Waals surface area (Å²) in [6.45, 7) is 9.24. The molecule has 6 heterocycles. The van der Waals surface area contributed by atoms with Gasteiger partial charge in [0, 0.05) is 97.1 Å². The van der Waals surface area contributed by atoms with E-state index in [2.05, 4.69) is 313 Å². The first-order chi connectivity index (χ1) is 52.0. The van der Waals surface area contributed by atoms with Crippen LogP contribution in [0.5, 0.6) is 0 Å². The van der Waals surface area contributed by atoms with Crippen LogP contribution in [0.2, 0.25) is 0 Å². The van der Waals surface area contributed by atoms with Crippen molar-refractivity contribution in [3.05, 3.63) is 326 Å². The summed E-state index contributed by atoms with van der Waals surface area (Å²) in [5.74, 6) is 3.69. The second-order valence-corrected chi connectivity index (χ2v) is 31.0. The Balaban J connectivity index is 0.616. The minimum absolute atomic E-state index is 0.165. The first-order valence-corrected chi connectivity index (χ1v) is 37.6. The fourth-order valence-corrected chi connectivity index (χ4v) is 19.0. The van der Waals surface area contributed by atoms with Gasteiger partial charge in [-0.1, -0.05) is 301 Å². The normalized spacial score (nSPS) is 13.2. The van der Waals surface area contributed by atoms with Gasteiger partial charge in [-0.15, -0.1) is 22.7 Å². The molecular formula is C96H62N8S2. The highest BCUT2D eigenvalue weighted by Crippen LogP contribution is 2.53. The third-order valence-corrected chi connectivity index (χ3v) is 24.4. The van der Waals surface area contributed by atoms with E-state index >= 15 is 0 Å². The average molecular weight is 1390 g/mol. The molecule has 0 radical (unpaired) electrons. The van der Waals surface area contributed by atoms with E-state index in [1.165, 1.54) is 74.8 Å². The molecule has 0 amide bonds. The summed E-state index contributed by atoms with van der Waals surface area (Å²) in [6, 6.07) is 108. The summed E-state index contributed by atoms with van der Waals surface area (Å²) >= 11 is 3.61. The number of hydrogen-bond donors (Lipinski definition) is 0. The van der Waals surface area contributed by atoms with E-state index in [1.807, 2.05) is 18.2 Å². The molecule has 106 heavy (non-hydrogen) atoms. The molecule has 19 aromatic rings. The zero-order valence-corrected chi connectivity index (χ0v) is 59.9. The van der Waals surface area contributed by atoms with Crippen molar-refractivity contribution in [2.75, 3.05) is 0 Å². The van der Waals surface area contributed by atoms with Gasteiger partial charge in [-0.25, -0.2) is 39.9 Å². The van der Waals surface area contributed by atoms with Crippen molar-refractivity contribution < 1.29 is 0 Å². The molecule has 21 rings (SSSR count). The van der Waals surface area contributed by atoms with Crippen LogP contribution in [0.15, 0.2) is 303 Å². The van der Waals surface area contributed by atoms with Crippen LogP contribution in [0.1, 0.15) is 49.9 Å². The summed E-state index contributed by atoms with van der Waals surface area (Å²) in [5, 5.41) is 6.90. The van der Waals surface area contributed by atoms with Crippen LogP contribution in [-0.2, 0) is 10.8 Å². The maximum absolute atomic E-state index is 5.59. The van der Waals surface area contributed by atoms with Crippen LogP contribution in [0.3, 0.4) is 0 Å². The molecule has 0 fully saturated rings. The van der Waals surface area contributed by atoms with E-state index in [-0.39, 0.29) is 10.8 Å². The number of hydrogen-bond acceptors (Lipinski definition) is 10. The minimum atomic E-state index is -0.205. The SMILES string of the molecule is CC1(C)c2ccccc2-c2ccc(-c3nc(-c4ccc(-c5nc6c7ccccc7sc6c6ccccc56)cc4)nc(-c4cccc(-c5cccc(-c6ccc7c(c6)sc6c8ccccc8c(-c8ccc(-c9nc(-c%10ccccc%10)nc(-c%10cccc%11c%10-c%10ccccc%10C%11(C)C)n9)cc8)nc76)c5)c4)n3)cc21. The zero-order valence-electron chi connectivity index (χ0n) is 58.3. The lowest BCUT2D eigenvalue weighted by atomic mass is 9.82. The minimum Gasteiger partial charge on any atom is -0.246 e. The Morgan fingerprint density at radius 3 is 1.20 bits per heavy atom. The van der Waals surface area contributed by atoms with Crippen molar-refractivity contribution in [3.63, 3.8) is 0 Å². The Hall–Kier alpha value is -12.9. The predicted octanol–water partition coefficient (Wildman–Crippen LogP) is 25.2. The van der Waals surface area contributed by atoms with E-state index in [9.17, 15) is 0 Å². The average Bonchev–Trinajstić information content (AvgIpc) is 1.58. The molecule has 0 N–H and O–H groups in total. The van der Waals surface area contributed by atoms with Gasteiger partial charge >= 0.3 is 0 Å². The van der Waals surface area contributed by atoms with Crippen LogP contribution >= 0.6 is 22.7 Å². The molecule has 8 nitrogen and oxygen atoms in total. The summed E-state index contributed by atoms with van der Waals surface area (Å²) in [5.41, 5.74) is 25.6. The van der Waals surface area contributed by atoms with E-state index in [4.69, 9.17) is 39.9 Å². The summed E-state index contributed by atoms with van der Waals surface area (Å²) in [7, 11) is 0. The smallest absolute Gasteiger partial charge is 0.164 e. The Labute approximate surface area is 619 Å². The molecule has 10 heteroatoms. The Morgan fingerprint density at radius 1 is 0.217 bits per heavy atom. The van der Waals surface area contributed by atoms with Crippen molar-refractivity contribution in [1.29, 1.82) is 0 Å². The quantitative estimate of drug-likeness (QED) is 0.133. The lowest BCUT2D eigenvalue weighted by Gasteiger charge is -2.21. The molecule has 6 aromatic heterocycles. The molecular weight excluding hydrogens is 1330 g/mol. The second kappa shape index (κ2) is 23.8. The Kier molecular flexibility index (Phi) is 13.9. The van der Waals surface area contributed by atoms with Gasteiger partial charge in [0.2, 0.25) is 0 Å². The van der Waals surface area contributed by atoms with E-state index in [0.717, 1.165) is 110 Å². The number of fused-ring (bicyclic) bond motifs is 16. The number of nitrogens with zero attached hydrogens (tertiary/aromatic N) is 8. The zero-order chi connectivity index (χ0) is 70.5. The molecule has 13 aromatic carbocycles. The molecule has 0 spiro atoms. The van der Waals surface area contributed by atoms with Crippen LogP contribution < -0.4 is 0 Å². The second-order valence-electron chi connectivity index (χ2n) is 28.9. The van der Waals surface area contributed by atoms with Gasteiger partial charge < -0.3 is 0 Å². The molecule has 2 aliphatic carbocycles. The lowest BCUT2D eigenvalue weighted by molar-refractivity contribution is 0.660. The van der Waals surface area contributed by atoms with Crippen molar-refractivity contribution in [2.45, 2.75) is 38.5 Å². The van der Waals surface area contributed by atoms with Crippen LogP contribution in [0.4, 0.5) is 0 Å². The van der Waals surface area contributed by atoms with Crippen molar-refractivity contribution in [3.8, 4) is 135 Å². The fourth-order valence-electron chi connectivity index (χ4n) is 16.6. The monoisotopic (exact) mass is 1390 g/mol. The Bertz CT molecular complexity index is 6890. The Morgan fingerprint density at radius 2 is 0.585 bits per heavy atom. The summed E-state index contributed by atoms with van der Waals surface area (Å²) < 4.78 is 4.78. The molecule has 498 valence electrons. The van der Waals surface area contributed by atoms with E-state index in [1.54, 1.807) is 22.7 Å². The van der Waals surface area contributed by atoms with Gasteiger partial charge in [0.05, 0.1) is 31.8 Å². The number of pyridine rings is 2. The van der Waals surface area contributed by atoms with Gasteiger partial charge in [-0.3, -0.25) is 0 Å². The number of aromatic nitrogens is 8. The third kappa shape index (κ3) is 9.85. The predicted molar refractivity (Wildman–Crippen MR) is 439 cm³/mol. The summed E-state index contributed by atoms with van der Waals surface area (Å²) in [4.78, 5) is 42.7. The van der Waals surface area contributed by atoms with Gasteiger partial charge in [0.25, 0.3) is 0 Å². The summed E-state index contributed by atoms with van der Waals surface area (Å²) in [6.07, 6.45) is 0. The van der Waals surface area contributed by atoms with Crippen LogP contribution in [0.25, 0.3) is 197 Å². The van der Waals surface area contributed by atoms with Crippen LogP contribution in [-0.4, -0.2) is 39.9 Å². The van der Waals surface area contributed by atoms with E-state index < -0.39 is 0 Å². The number of rotatable bonds is 10. The number of thiophene rings is 2. The molecule has 0 saturated carbocycles. The van der Waals surface area contributed by atoms with E-state index in [0.29, 0.717) is 34.9 Å². The van der Waals surface area contributed by atoms with Crippen molar-refractivity contribution >= 4 is 84.8 Å². The first-order valence-electron chi connectivity index (χ1n) is 35.9. The van der Waals surface area contributed by atoms with Gasteiger partial charge in [-0.05, 0) is 97.1 Å². The number of benzene rings is 13. The lowest BCUT2D eigenvalue weighted by Crippen LogP contribution is -2.15. The molecule has 0 atom stereocenters. The molecule has 0 saturated heterocycles.